The second-order valence-corrected chi connectivity index (χ2v) is 12.6. The minimum atomic E-state index is -0.894. The highest BCUT2D eigenvalue weighted by Crippen LogP contribution is 2.43. The Morgan fingerprint density at radius 2 is 1.91 bits per heavy atom. The molecule has 5 heterocycles. The molecule has 4 aliphatic rings. The average molecular weight is 583 g/mol. The molecule has 4 saturated heterocycles. The van der Waals surface area contributed by atoms with Crippen molar-refractivity contribution >= 4 is 27.5 Å². The van der Waals surface area contributed by atoms with Crippen LogP contribution in [0.2, 0.25) is 0 Å². The molecule has 220 valence electrons. The molecule has 3 aromatic carbocycles. The van der Waals surface area contributed by atoms with Gasteiger partial charge in [0, 0.05) is 49.1 Å². The van der Waals surface area contributed by atoms with E-state index in [1.807, 2.05) is 24.3 Å². The maximum absolute atomic E-state index is 16.9. The summed E-state index contributed by atoms with van der Waals surface area (Å²) in [6.45, 7) is 2.87. The van der Waals surface area contributed by atoms with Gasteiger partial charge in [-0.2, -0.15) is 15.2 Å². The molecular formula is C33H32F2N6O2. The van der Waals surface area contributed by atoms with Crippen molar-refractivity contribution in [2.45, 2.75) is 55.9 Å². The Morgan fingerprint density at radius 1 is 1.09 bits per heavy atom. The van der Waals surface area contributed by atoms with Crippen LogP contribution >= 0.6 is 0 Å². The number of nitrogens with one attached hydrogen (secondary N) is 1. The van der Waals surface area contributed by atoms with E-state index in [4.69, 9.17) is 9.72 Å². The van der Waals surface area contributed by atoms with Gasteiger partial charge in [0.2, 0.25) is 0 Å². The number of hydrogen-bond donors (Lipinski definition) is 2. The van der Waals surface area contributed by atoms with Gasteiger partial charge in [-0.3, -0.25) is 4.90 Å². The quantitative estimate of drug-likeness (QED) is 0.337. The van der Waals surface area contributed by atoms with Gasteiger partial charge in [0.15, 0.2) is 5.82 Å². The van der Waals surface area contributed by atoms with Crippen LogP contribution in [0.25, 0.3) is 32.8 Å². The van der Waals surface area contributed by atoms with Crippen LogP contribution in [0.4, 0.5) is 14.6 Å². The summed E-state index contributed by atoms with van der Waals surface area (Å²) in [6.07, 6.45) is 3.45. The molecule has 0 spiro atoms. The highest BCUT2D eigenvalue weighted by molar-refractivity contribution is 6.03. The van der Waals surface area contributed by atoms with Gasteiger partial charge in [-0.1, -0.05) is 24.3 Å². The molecule has 4 aliphatic heterocycles. The number of aromatic hydroxyl groups is 1. The number of phenols is 1. The van der Waals surface area contributed by atoms with E-state index in [-0.39, 0.29) is 35.0 Å². The molecule has 0 amide bonds. The molecule has 0 aliphatic carbocycles. The number of alkyl halides is 1. The van der Waals surface area contributed by atoms with Crippen molar-refractivity contribution in [1.82, 2.24) is 20.2 Å². The lowest BCUT2D eigenvalue weighted by molar-refractivity contribution is 0.107. The van der Waals surface area contributed by atoms with Gasteiger partial charge in [0.1, 0.15) is 29.9 Å². The van der Waals surface area contributed by atoms with Crippen LogP contribution in [0.3, 0.4) is 0 Å². The highest BCUT2D eigenvalue weighted by Gasteiger charge is 2.49. The van der Waals surface area contributed by atoms with Crippen molar-refractivity contribution in [2.24, 2.45) is 0 Å². The predicted molar refractivity (Wildman–Crippen MR) is 160 cm³/mol. The Kier molecular flexibility index (Phi) is 6.17. The zero-order valence-electron chi connectivity index (χ0n) is 23.7. The summed E-state index contributed by atoms with van der Waals surface area (Å²) in [4.78, 5) is 13.7. The van der Waals surface area contributed by atoms with Crippen LogP contribution in [0.1, 0.15) is 37.7 Å². The monoisotopic (exact) mass is 582 g/mol. The number of fused-ring (bicyclic) bond motifs is 5. The number of benzene rings is 3. The first-order chi connectivity index (χ1) is 20.9. The van der Waals surface area contributed by atoms with Gasteiger partial charge < -0.3 is 20.1 Å². The Morgan fingerprint density at radius 3 is 2.72 bits per heavy atom. The molecule has 8 rings (SSSR count). The molecule has 1 aromatic heterocycles. The largest absolute Gasteiger partial charge is 0.508 e. The lowest BCUT2D eigenvalue weighted by atomic mass is 9.92. The topological polar surface area (TPSA) is 97.5 Å². The normalized spacial score (nSPS) is 26.7. The number of phenolic OH excluding ortho intramolecular Hbond substituents is 1. The lowest BCUT2D eigenvalue weighted by Gasteiger charge is -2.34. The molecule has 4 fully saturated rings. The maximum Gasteiger partial charge on any atom is 0.319 e. The van der Waals surface area contributed by atoms with E-state index in [0.717, 1.165) is 37.6 Å². The summed E-state index contributed by atoms with van der Waals surface area (Å²) in [5.74, 6) is -0.151. The highest BCUT2D eigenvalue weighted by atomic mass is 19.1. The number of piperazine rings is 1. The molecule has 0 saturated carbocycles. The molecule has 4 atom stereocenters. The number of aromatic nitrogens is 2. The van der Waals surface area contributed by atoms with E-state index >= 15 is 4.39 Å². The minimum absolute atomic E-state index is 0.0242. The number of anilines is 1. The summed E-state index contributed by atoms with van der Waals surface area (Å²) in [5, 5.41) is 26.3. The SMILES string of the molecule is N#Cc1cc2c(N3C[C@H]4CC[C@@H](C3)N4)nc(OC[C@@]34CCCN3C[C@H](F)C4)nc2c(F)c1-c1cc(O)cc2ccccc12. The first-order valence-electron chi connectivity index (χ1n) is 15.1. The van der Waals surface area contributed by atoms with E-state index in [9.17, 15) is 14.8 Å². The number of nitriles is 1. The third-order valence-electron chi connectivity index (χ3n) is 9.87. The minimum Gasteiger partial charge on any atom is -0.508 e. The Bertz CT molecular complexity index is 1800. The van der Waals surface area contributed by atoms with E-state index in [2.05, 4.69) is 26.2 Å². The molecule has 2 N–H and O–H groups in total. The zero-order chi connectivity index (χ0) is 29.3. The fourth-order valence-corrected chi connectivity index (χ4v) is 7.97. The second kappa shape index (κ2) is 10.00. The van der Waals surface area contributed by atoms with Crippen molar-refractivity contribution in [3.63, 3.8) is 0 Å². The van der Waals surface area contributed by atoms with Gasteiger partial charge in [-0.25, -0.2) is 8.78 Å². The summed E-state index contributed by atoms with van der Waals surface area (Å²) < 4.78 is 37.6. The van der Waals surface area contributed by atoms with Gasteiger partial charge in [-0.15, -0.1) is 0 Å². The van der Waals surface area contributed by atoms with Crippen LogP contribution in [0, 0.1) is 17.1 Å². The van der Waals surface area contributed by atoms with Crippen molar-refractivity contribution in [3.05, 3.63) is 53.8 Å². The van der Waals surface area contributed by atoms with Crippen molar-refractivity contribution in [3.8, 4) is 29.0 Å². The third kappa shape index (κ3) is 4.36. The fourth-order valence-electron chi connectivity index (χ4n) is 7.97. The molecule has 0 unspecified atom stereocenters. The van der Waals surface area contributed by atoms with E-state index in [1.165, 1.54) is 6.07 Å². The molecule has 2 bridgehead atoms. The second-order valence-electron chi connectivity index (χ2n) is 12.6. The third-order valence-corrected chi connectivity index (χ3v) is 9.87. The molecule has 0 radical (unpaired) electrons. The standard InChI is InChI=1S/C33H32F2N6O2/c34-21-13-33(8-3-9-41(33)15-21)18-43-32-38-30-27(31(39-32)40-16-22-6-7-23(17-40)37-22)11-20(14-36)28(29(30)35)26-12-24(42)10-19-4-1-2-5-25(19)26/h1-2,4-5,10-12,21-23,37,42H,3,6-9,13,15-18H2/t21-,22-,23+,33+/m1/s1. The van der Waals surface area contributed by atoms with Gasteiger partial charge in [-0.05, 0) is 66.8 Å². The predicted octanol–water partition coefficient (Wildman–Crippen LogP) is 5.06. The number of halogens is 2. The van der Waals surface area contributed by atoms with Crippen LogP contribution in [-0.2, 0) is 0 Å². The summed E-state index contributed by atoms with van der Waals surface area (Å²) >= 11 is 0. The summed E-state index contributed by atoms with van der Waals surface area (Å²) in [6, 6.07) is 15.0. The smallest absolute Gasteiger partial charge is 0.319 e. The van der Waals surface area contributed by atoms with Crippen molar-refractivity contribution in [1.29, 1.82) is 5.26 Å². The number of nitrogens with zero attached hydrogens (tertiary/aromatic N) is 5. The van der Waals surface area contributed by atoms with Crippen molar-refractivity contribution < 1.29 is 18.6 Å². The van der Waals surface area contributed by atoms with Gasteiger partial charge in [0.25, 0.3) is 0 Å². The fraction of sp³-hybridized carbons (Fsp3) is 0.424. The Hall–Kier alpha value is -4.07. The van der Waals surface area contributed by atoms with E-state index in [1.54, 1.807) is 12.1 Å². The molecule has 8 nitrogen and oxygen atoms in total. The first-order valence-corrected chi connectivity index (χ1v) is 15.1. The number of hydrogen-bond acceptors (Lipinski definition) is 8. The lowest BCUT2D eigenvalue weighted by Crippen LogP contribution is -2.51. The van der Waals surface area contributed by atoms with Crippen LogP contribution < -0.4 is 15.0 Å². The number of ether oxygens (including phenoxy) is 1. The molecular weight excluding hydrogens is 550 g/mol. The Balaban J connectivity index is 1.29. The molecule has 10 heteroatoms. The van der Waals surface area contributed by atoms with Crippen molar-refractivity contribution in [2.75, 3.05) is 37.7 Å². The average Bonchev–Trinajstić information content (AvgIpc) is 3.65. The summed E-state index contributed by atoms with van der Waals surface area (Å²) in [5.41, 5.74) is 0.283. The van der Waals surface area contributed by atoms with E-state index < -0.39 is 17.5 Å². The number of rotatable bonds is 5. The zero-order valence-corrected chi connectivity index (χ0v) is 23.7. The van der Waals surface area contributed by atoms with Crippen LogP contribution in [0.15, 0.2) is 42.5 Å². The Labute approximate surface area is 247 Å². The maximum atomic E-state index is 16.9. The van der Waals surface area contributed by atoms with Gasteiger partial charge >= 0.3 is 6.01 Å². The molecule has 4 aromatic rings. The van der Waals surface area contributed by atoms with E-state index in [0.29, 0.717) is 60.3 Å². The first kappa shape index (κ1) is 26.5. The van der Waals surface area contributed by atoms with Crippen LogP contribution in [0.5, 0.6) is 11.8 Å². The molecule has 43 heavy (non-hydrogen) atoms. The van der Waals surface area contributed by atoms with Gasteiger partial charge in [0.05, 0.1) is 17.2 Å². The van der Waals surface area contributed by atoms with Crippen LogP contribution in [-0.4, -0.2) is 76.6 Å². The summed E-state index contributed by atoms with van der Waals surface area (Å²) in [7, 11) is 0.